The molecule has 1 aromatic heterocycles. The lowest BCUT2D eigenvalue weighted by Crippen LogP contribution is -2.23. The minimum atomic E-state index is -0.261. The first kappa shape index (κ1) is 14.0. The van der Waals surface area contributed by atoms with Crippen molar-refractivity contribution in [2.24, 2.45) is 0 Å². The second kappa shape index (κ2) is 5.52. The van der Waals surface area contributed by atoms with Gasteiger partial charge in [0.1, 0.15) is 12.1 Å². The average Bonchev–Trinajstić information content (AvgIpc) is 3.24. The molecule has 0 atom stereocenters. The highest BCUT2D eigenvalue weighted by atomic mass is 32.1. The van der Waals surface area contributed by atoms with Crippen LogP contribution in [-0.2, 0) is 4.74 Å². The predicted octanol–water partition coefficient (Wildman–Crippen LogP) is 4.61. The highest BCUT2D eigenvalue weighted by molar-refractivity contribution is 7.20. The Hall–Kier alpha value is -2.66. The van der Waals surface area contributed by atoms with Crippen molar-refractivity contribution < 1.29 is 13.9 Å². The Morgan fingerprint density at radius 3 is 2.74 bits per heavy atom. The molecule has 114 valence electrons. The number of hydrogen-bond donors (Lipinski definition) is 0. The molecule has 5 heteroatoms. The largest absolute Gasteiger partial charge is 0.479 e. The average molecular weight is 325 g/mol. The van der Waals surface area contributed by atoms with Crippen molar-refractivity contribution in [3.8, 4) is 11.1 Å². The molecule has 0 saturated carbocycles. The van der Waals surface area contributed by atoms with E-state index in [1.54, 1.807) is 18.3 Å². The Bertz CT molecular complexity index is 914. The van der Waals surface area contributed by atoms with Gasteiger partial charge in [-0.1, -0.05) is 24.3 Å². The number of nitrogens with zero attached hydrogens (tertiary/aromatic N) is 1. The zero-order valence-corrected chi connectivity index (χ0v) is 12.8. The third-order valence-corrected chi connectivity index (χ3v) is 4.83. The molecule has 1 aliphatic heterocycles. The minimum Gasteiger partial charge on any atom is -0.479 e. The SMILES string of the molecule is O=C(c1cc2c(-c3ccc(F)cc3)cccc2s1)N1C=COC1. The van der Waals surface area contributed by atoms with Gasteiger partial charge in [0.25, 0.3) is 5.91 Å². The van der Waals surface area contributed by atoms with Crippen molar-refractivity contribution in [3.63, 3.8) is 0 Å². The maximum atomic E-state index is 13.1. The zero-order valence-electron chi connectivity index (χ0n) is 12.0. The minimum absolute atomic E-state index is 0.0787. The van der Waals surface area contributed by atoms with Crippen LogP contribution in [0.1, 0.15) is 9.67 Å². The van der Waals surface area contributed by atoms with Gasteiger partial charge in [0.15, 0.2) is 6.73 Å². The first-order chi connectivity index (χ1) is 11.2. The number of rotatable bonds is 2. The summed E-state index contributed by atoms with van der Waals surface area (Å²) in [5, 5.41) is 0.997. The van der Waals surface area contributed by atoms with Crippen LogP contribution in [0.25, 0.3) is 21.2 Å². The molecular weight excluding hydrogens is 313 g/mol. The fourth-order valence-electron chi connectivity index (χ4n) is 2.60. The molecule has 23 heavy (non-hydrogen) atoms. The number of hydrogen-bond acceptors (Lipinski definition) is 3. The highest BCUT2D eigenvalue weighted by Crippen LogP contribution is 2.34. The van der Waals surface area contributed by atoms with Gasteiger partial charge in [-0.15, -0.1) is 11.3 Å². The van der Waals surface area contributed by atoms with Gasteiger partial charge in [0, 0.05) is 16.3 Å². The summed E-state index contributed by atoms with van der Waals surface area (Å²) in [6.07, 6.45) is 3.14. The van der Waals surface area contributed by atoms with Crippen LogP contribution in [0, 0.1) is 5.82 Å². The fraction of sp³-hybridized carbons (Fsp3) is 0.0556. The summed E-state index contributed by atoms with van der Waals surface area (Å²) in [5.41, 5.74) is 1.92. The normalized spacial score (nSPS) is 13.5. The van der Waals surface area contributed by atoms with Crippen molar-refractivity contribution >= 4 is 27.3 Å². The molecule has 0 N–H and O–H groups in total. The zero-order chi connectivity index (χ0) is 15.8. The number of benzene rings is 2. The molecule has 0 saturated heterocycles. The lowest BCUT2D eigenvalue weighted by Gasteiger charge is -2.09. The number of amides is 1. The summed E-state index contributed by atoms with van der Waals surface area (Å²) in [6, 6.07) is 14.2. The van der Waals surface area contributed by atoms with Crippen molar-refractivity contribution in [3.05, 3.63) is 71.7 Å². The predicted molar refractivity (Wildman–Crippen MR) is 88.5 cm³/mol. The van der Waals surface area contributed by atoms with Crippen LogP contribution in [-0.4, -0.2) is 17.5 Å². The van der Waals surface area contributed by atoms with Crippen LogP contribution in [0.15, 0.2) is 61.0 Å². The molecule has 1 aliphatic rings. The van der Waals surface area contributed by atoms with Crippen molar-refractivity contribution in [2.75, 3.05) is 6.73 Å². The van der Waals surface area contributed by atoms with Crippen molar-refractivity contribution in [1.29, 1.82) is 0 Å². The van der Waals surface area contributed by atoms with E-state index in [1.165, 1.54) is 34.6 Å². The van der Waals surface area contributed by atoms with E-state index < -0.39 is 0 Å². The third kappa shape index (κ3) is 2.49. The van der Waals surface area contributed by atoms with Crippen LogP contribution in [0.2, 0.25) is 0 Å². The summed E-state index contributed by atoms with van der Waals surface area (Å²) >= 11 is 1.45. The number of halogens is 1. The van der Waals surface area contributed by atoms with Crippen LogP contribution in [0.4, 0.5) is 4.39 Å². The van der Waals surface area contributed by atoms with Gasteiger partial charge < -0.3 is 4.74 Å². The van der Waals surface area contributed by atoms with Crippen molar-refractivity contribution in [2.45, 2.75) is 0 Å². The smallest absolute Gasteiger partial charge is 0.270 e. The van der Waals surface area contributed by atoms with Crippen molar-refractivity contribution in [1.82, 2.24) is 4.90 Å². The summed E-state index contributed by atoms with van der Waals surface area (Å²) in [7, 11) is 0. The van der Waals surface area contributed by atoms with E-state index in [9.17, 15) is 9.18 Å². The lowest BCUT2D eigenvalue weighted by molar-refractivity contribution is 0.0735. The van der Waals surface area contributed by atoms with Gasteiger partial charge in [0.05, 0.1) is 4.88 Å². The molecule has 0 bridgehead atoms. The molecule has 0 spiro atoms. The van der Waals surface area contributed by atoms with E-state index in [0.29, 0.717) is 4.88 Å². The number of thiophene rings is 1. The van der Waals surface area contributed by atoms with E-state index in [1.807, 2.05) is 24.3 Å². The molecule has 2 aromatic carbocycles. The van der Waals surface area contributed by atoms with E-state index in [0.717, 1.165) is 21.2 Å². The molecule has 0 radical (unpaired) electrons. The summed E-state index contributed by atoms with van der Waals surface area (Å²) in [6.45, 7) is 0.248. The molecule has 3 nitrogen and oxygen atoms in total. The van der Waals surface area contributed by atoms with Crippen LogP contribution in [0.3, 0.4) is 0 Å². The Morgan fingerprint density at radius 2 is 2.00 bits per heavy atom. The highest BCUT2D eigenvalue weighted by Gasteiger charge is 2.20. The first-order valence-corrected chi connectivity index (χ1v) is 7.92. The van der Waals surface area contributed by atoms with Crippen LogP contribution in [0.5, 0.6) is 0 Å². The lowest BCUT2D eigenvalue weighted by atomic mass is 10.0. The topological polar surface area (TPSA) is 29.5 Å². The van der Waals surface area contributed by atoms with E-state index >= 15 is 0 Å². The molecule has 0 unspecified atom stereocenters. The first-order valence-electron chi connectivity index (χ1n) is 7.10. The quantitative estimate of drug-likeness (QED) is 0.689. The Balaban J connectivity index is 1.79. The molecule has 3 aromatic rings. The number of carbonyl (C=O) groups is 1. The molecule has 0 fully saturated rings. The number of carbonyl (C=O) groups excluding carboxylic acids is 1. The molecular formula is C18H12FNO2S. The monoisotopic (exact) mass is 325 g/mol. The van der Waals surface area contributed by atoms with Gasteiger partial charge in [0.2, 0.25) is 0 Å². The molecule has 1 amide bonds. The standard InChI is InChI=1S/C18H12FNO2S/c19-13-6-4-12(5-7-13)14-2-1-3-16-15(14)10-17(23-16)18(21)20-8-9-22-11-20/h1-10H,11H2. The Labute approximate surface area is 136 Å². The van der Waals surface area contributed by atoms with Gasteiger partial charge >= 0.3 is 0 Å². The summed E-state index contributed by atoms with van der Waals surface area (Å²) in [4.78, 5) is 14.7. The van der Waals surface area contributed by atoms with Gasteiger partial charge in [-0.2, -0.15) is 0 Å². The molecule has 4 rings (SSSR count). The number of fused-ring (bicyclic) bond motifs is 1. The van der Waals surface area contributed by atoms with E-state index in [2.05, 4.69) is 0 Å². The van der Waals surface area contributed by atoms with Gasteiger partial charge in [-0.25, -0.2) is 4.39 Å². The Kier molecular flexibility index (Phi) is 3.35. The second-order valence-corrected chi connectivity index (χ2v) is 6.27. The maximum absolute atomic E-state index is 13.1. The fourth-order valence-corrected chi connectivity index (χ4v) is 3.64. The van der Waals surface area contributed by atoms with E-state index in [4.69, 9.17) is 4.74 Å². The molecule has 2 heterocycles. The molecule has 0 aliphatic carbocycles. The van der Waals surface area contributed by atoms with E-state index in [-0.39, 0.29) is 18.5 Å². The summed E-state index contributed by atoms with van der Waals surface area (Å²) in [5.74, 6) is -0.340. The van der Waals surface area contributed by atoms with Crippen LogP contribution < -0.4 is 0 Å². The maximum Gasteiger partial charge on any atom is 0.270 e. The Morgan fingerprint density at radius 1 is 1.17 bits per heavy atom. The van der Waals surface area contributed by atoms with Gasteiger partial charge in [-0.05, 0) is 35.4 Å². The van der Waals surface area contributed by atoms with Crippen LogP contribution >= 0.6 is 11.3 Å². The summed E-state index contributed by atoms with van der Waals surface area (Å²) < 4.78 is 19.2. The number of ether oxygens (including phenoxy) is 1. The van der Waals surface area contributed by atoms with Gasteiger partial charge in [-0.3, -0.25) is 9.69 Å². The second-order valence-electron chi connectivity index (χ2n) is 5.19. The third-order valence-electron chi connectivity index (χ3n) is 3.74.